The molecule has 5 rings (SSSR count). The standard InChI is InChI=1S/C27H30ClFN2O3/c1-3-8-16-11-12-18-20(15-16)30-25(33)27(18)21(17-9-7-10-19(28)22(17)29)23(24(32)34-2)31-26(27)13-5-4-6-14-26/h7,9-12,15,21,23,31H,3-6,8,13-14H2,1-2H3,(H,30,33)/t21-,23+,27+/m0/s1. The first-order valence-electron chi connectivity index (χ1n) is 12.1. The van der Waals surface area contributed by atoms with Crippen molar-refractivity contribution >= 4 is 29.2 Å². The number of rotatable bonds is 4. The fourth-order valence-electron chi connectivity index (χ4n) is 6.84. The van der Waals surface area contributed by atoms with Crippen LogP contribution in [0.4, 0.5) is 10.1 Å². The van der Waals surface area contributed by atoms with E-state index in [1.54, 1.807) is 12.1 Å². The summed E-state index contributed by atoms with van der Waals surface area (Å²) in [5.74, 6) is -2.10. The van der Waals surface area contributed by atoms with Crippen molar-refractivity contribution < 1.29 is 18.7 Å². The Balaban J connectivity index is 1.81. The molecule has 180 valence electrons. The Kier molecular flexibility index (Phi) is 5.93. The lowest BCUT2D eigenvalue weighted by molar-refractivity contribution is -0.143. The van der Waals surface area contributed by atoms with Gasteiger partial charge in [-0.15, -0.1) is 0 Å². The van der Waals surface area contributed by atoms with Crippen LogP contribution in [-0.2, 0) is 26.2 Å². The van der Waals surface area contributed by atoms with Crippen LogP contribution >= 0.6 is 11.6 Å². The summed E-state index contributed by atoms with van der Waals surface area (Å²) in [7, 11) is 1.33. The molecule has 2 N–H and O–H groups in total. The van der Waals surface area contributed by atoms with Gasteiger partial charge in [0.2, 0.25) is 5.91 Å². The first-order valence-corrected chi connectivity index (χ1v) is 12.5. The quantitative estimate of drug-likeness (QED) is 0.581. The number of amides is 1. The third-order valence-corrected chi connectivity index (χ3v) is 8.41. The minimum Gasteiger partial charge on any atom is -0.468 e. The smallest absolute Gasteiger partial charge is 0.323 e. The first kappa shape index (κ1) is 23.3. The van der Waals surface area contributed by atoms with E-state index in [9.17, 15) is 9.59 Å². The van der Waals surface area contributed by atoms with Gasteiger partial charge in [-0.2, -0.15) is 0 Å². The van der Waals surface area contributed by atoms with E-state index in [-0.39, 0.29) is 16.5 Å². The summed E-state index contributed by atoms with van der Waals surface area (Å²) >= 11 is 6.21. The number of aryl methyl sites for hydroxylation is 1. The minimum absolute atomic E-state index is 0.0298. The summed E-state index contributed by atoms with van der Waals surface area (Å²) in [6, 6.07) is 10.0. The van der Waals surface area contributed by atoms with Gasteiger partial charge >= 0.3 is 5.97 Å². The number of carbonyl (C=O) groups is 2. The zero-order chi connectivity index (χ0) is 24.1. The molecule has 2 spiro atoms. The molecule has 2 heterocycles. The van der Waals surface area contributed by atoms with Crippen molar-refractivity contribution in [3.05, 3.63) is 63.9 Å². The maximum absolute atomic E-state index is 15.6. The first-order chi connectivity index (χ1) is 16.4. The zero-order valence-corrected chi connectivity index (χ0v) is 20.3. The summed E-state index contributed by atoms with van der Waals surface area (Å²) in [6.07, 6.45) is 6.21. The van der Waals surface area contributed by atoms with Crippen LogP contribution in [0, 0.1) is 5.82 Å². The third-order valence-electron chi connectivity index (χ3n) is 8.12. The average Bonchev–Trinajstić information content (AvgIpc) is 3.29. The summed E-state index contributed by atoms with van der Waals surface area (Å²) < 4.78 is 20.8. The van der Waals surface area contributed by atoms with Crippen LogP contribution in [0.1, 0.15) is 68.1 Å². The van der Waals surface area contributed by atoms with Gasteiger partial charge in [0.1, 0.15) is 17.3 Å². The molecule has 2 aliphatic heterocycles. The molecular formula is C27H30ClFN2O3. The molecule has 2 aromatic rings. The maximum Gasteiger partial charge on any atom is 0.323 e. The Labute approximate surface area is 204 Å². The fourth-order valence-corrected chi connectivity index (χ4v) is 7.02. The molecule has 5 nitrogen and oxygen atoms in total. The lowest BCUT2D eigenvalue weighted by atomic mass is 9.55. The normalized spacial score (nSPS) is 27.1. The third kappa shape index (κ3) is 3.14. The zero-order valence-electron chi connectivity index (χ0n) is 19.5. The van der Waals surface area contributed by atoms with Gasteiger partial charge in [0.05, 0.1) is 12.1 Å². The lowest BCUT2D eigenvalue weighted by Gasteiger charge is -2.47. The van der Waals surface area contributed by atoms with Gasteiger partial charge < -0.3 is 10.1 Å². The van der Waals surface area contributed by atoms with Crippen LogP contribution in [0.15, 0.2) is 36.4 Å². The van der Waals surface area contributed by atoms with E-state index >= 15 is 4.39 Å². The van der Waals surface area contributed by atoms with Gasteiger partial charge in [-0.25, -0.2) is 4.39 Å². The molecule has 0 bridgehead atoms. The second kappa shape index (κ2) is 8.65. The van der Waals surface area contributed by atoms with Crippen LogP contribution in [0.25, 0.3) is 0 Å². The van der Waals surface area contributed by atoms with E-state index in [0.29, 0.717) is 12.8 Å². The monoisotopic (exact) mass is 484 g/mol. The number of ether oxygens (including phenoxy) is 1. The Bertz CT molecular complexity index is 1150. The van der Waals surface area contributed by atoms with Gasteiger partial charge in [-0.05, 0) is 48.1 Å². The van der Waals surface area contributed by atoms with Gasteiger partial charge in [0.15, 0.2) is 0 Å². The number of fused-ring (bicyclic) bond motifs is 3. The molecular weight excluding hydrogens is 455 g/mol. The maximum atomic E-state index is 15.6. The fraction of sp³-hybridized carbons (Fsp3) is 0.481. The number of carbonyl (C=O) groups excluding carboxylic acids is 2. The van der Waals surface area contributed by atoms with Crippen LogP contribution in [0.3, 0.4) is 0 Å². The van der Waals surface area contributed by atoms with Crippen molar-refractivity contribution in [2.75, 3.05) is 12.4 Å². The molecule has 3 aliphatic rings. The molecule has 1 aliphatic carbocycles. The molecule has 1 saturated heterocycles. The molecule has 7 heteroatoms. The second-order valence-corrected chi connectivity index (χ2v) is 10.2. The molecule has 34 heavy (non-hydrogen) atoms. The molecule has 0 unspecified atom stereocenters. The summed E-state index contributed by atoms with van der Waals surface area (Å²) in [5.41, 5.74) is 1.10. The number of halogens is 2. The molecule has 0 radical (unpaired) electrons. The van der Waals surface area contributed by atoms with Crippen LogP contribution < -0.4 is 10.6 Å². The highest BCUT2D eigenvalue weighted by molar-refractivity contribution is 6.30. The Hall–Kier alpha value is -2.44. The number of anilines is 1. The van der Waals surface area contributed by atoms with Crippen molar-refractivity contribution in [2.45, 2.75) is 74.8 Å². The van der Waals surface area contributed by atoms with Crippen molar-refractivity contribution in [2.24, 2.45) is 0 Å². The van der Waals surface area contributed by atoms with Crippen molar-refractivity contribution in [1.29, 1.82) is 0 Å². The van der Waals surface area contributed by atoms with Crippen LogP contribution in [0.5, 0.6) is 0 Å². The summed E-state index contributed by atoms with van der Waals surface area (Å²) in [4.78, 5) is 27.3. The Morgan fingerprint density at radius 3 is 2.68 bits per heavy atom. The van der Waals surface area contributed by atoms with E-state index in [2.05, 4.69) is 23.6 Å². The van der Waals surface area contributed by atoms with Crippen LogP contribution in [0.2, 0.25) is 5.02 Å². The van der Waals surface area contributed by atoms with E-state index in [1.807, 2.05) is 12.1 Å². The predicted octanol–water partition coefficient (Wildman–Crippen LogP) is 5.25. The van der Waals surface area contributed by atoms with Crippen LogP contribution in [-0.4, -0.2) is 30.6 Å². The number of hydrogen-bond acceptors (Lipinski definition) is 4. The number of methoxy groups -OCH3 is 1. The Morgan fingerprint density at radius 1 is 1.21 bits per heavy atom. The van der Waals surface area contributed by atoms with E-state index in [4.69, 9.17) is 16.3 Å². The van der Waals surface area contributed by atoms with Gasteiger partial charge in [-0.3, -0.25) is 14.9 Å². The van der Waals surface area contributed by atoms with E-state index in [1.165, 1.54) is 13.2 Å². The number of nitrogens with one attached hydrogen (secondary N) is 2. The highest BCUT2D eigenvalue weighted by Crippen LogP contribution is 2.62. The highest BCUT2D eigenvalue weighted by atomic mass is 35.5. The molecule has 0 aromatic heterocycles. The Morgan fingerprint density at radius 2 is 1.97 bits per heavy atom. The second-order valence-electron chi connectivity index (χ2n) is 9.80. The molecule has 1 saturated carbocycles. The minimum atomic E-state index is -1.17. The lowest BCUT2D eigenvalue weighted by Crippen LogP contribution is -2.60. The average molecular weight is 485 g/mol. The number of hydrogen-bond donors (Lipinski definition) is 2. The number of benzene rings is 2. The van der Waals surface area contributed by atoms with E-state index < -0.39 is 34.7 Å². The topological polar surface area (TPSA) is 67.4 Å². The van der Waals surface area contributed by atoms with Crippen molar-refractivity contribution in [3.63, 3.8) is 0 Å². The predicted molar refractivity (Wildman–Crippen MR) is 130 cm³/mol. The molecule has 3 atom stereocenters. The summed E-state index contributed by atoms with van der Waals surface area (Å²) in [6.45, 7) is 2.12. The SMILES string of the molecule is CCCc1ccc2c(c1)NC(=O)[C@]21[C@@H](c2cccc(Cl)c2F)[C@H](C(=O)OC)NC12CCCCC2. The largest absolute Gasteiger partial charge is 0.468 e. The molecule has 2 aromatic carbocycles. The van der Waals surface area contributed by atoms with E-state index in [0.717, 1.165) is 48.9 Å². The van der Waals surface area contributed by atoms with Crippen molar-refractivity contribution in [3.8, 4) is 0 Å². The van der Waals surface area contributed by atoms with Gasteiger partial charge in [0, 0.05) is 17.1 Å². The highest BCUT2D eigenvalue weighted by Gasteiger charge is 2.72. The number of esters is 1. The van der Waals surface area contributed by atoms with Crippen molar-refractivity contribution in [1.82, 2.24) is 5.32 Å². The van der Waals surface area contributed by atoms with Gasteiger partial charge in [0.25, 0.3) is 0 Å². The molecule has 2 fully saturated rings. The summed E-state index contributed by atoms with van der Waals surface area (Å²) in [5, 5.41) is 6.65. The molecule has 1 amide bonds. The van der Waals surface area contributed by atoms with Gasteiger partial charge in [-0.1, -0.05) is 68.5 Å².